The fourth-order valence-electron chi connectivity index (χ4n) is 3.57. The first-order valence-corrected chi connectivity index (χ1v) is 5.75. The van der Waals surface area contributed by atoms with Gasteiger partial charge in [0.15, 0.2) is 0 Å². The van der Waals surface area contributed by atoms with Crippen molar-refractivity contribution in [2.24, 2.45) is 11.8 Å². The smallest absolute Gasteiger partial charge is 0.0594 e. The second-order valence-corrected chi connectivity index (χ2v) is 4.89. The van der Waals surface area contributed by atoms with Gasteiger partial charge in [-0.05, 0) is 31.1 Å². The molecule has 13 heavy (non-hydrogen) atoms. The molecule has 0 amide bonds. The van der Waals surface area contributed by atoms with Crippen molar-refractivity contribution < 1.29 is 4.74 Å². The maximum Gasteiger partial charge on any atom is 0.0594 e. The van der Waals surface area contributed by atoms with E-state index in [1.54, 1.807) is 0 Å². The number of hydrogen-bond donors (Lipinski definition) is 0. The molecule has 1 saturated heterocycles. The molecule has 2 aliphatic carbocycles. The third kappa shape index (κ3) is 1.40. The molecule has 2 heteroatoms. The van der Waals surface area contributed by atoms with Gasteiger partial charge in [0.25, 0.3) is 0 Å². The molecule has 3 atom stereocenters. The van der Waals surface area contributed by atoms with Gasteiger partial charge >= 0.3 is 0 Å². The Morgan fingerprint density at radius 1 is 1.00 bits per heavy atom. The van der Waals surface area contributed by atoms with E-state index < -0.39 is 0 Å². The van der Waals surface area contributed by atoms with Crippen LogP contribution in [-0.4, -0.2) is 37.2 Å². The zero-order chi connectivity index (χ0) is 8.67. The maximum absolute atomic E-state index is 5.40. The van der Waals surface area contributed by atoms with Gasteiger partial charge in [0.2, 0.25) is 0 Å². The molecule has 0 unspecified atom stereocenters. The van der Waals surface area contributed by atoms with Crippen LogP contribution in [-0.2, 0) is 4.74 Å². The van der Waals surface area contributed by atoms with Gasteiger partial charge in [0, 0.05) is 19.1 Å². The maximum atomic E-state index is 5.40. The van der Waals surface area contributed by atoms with Crippen LogP contribution in [0.4, 0.5) is 0 Å². The summed E-state index contributed by atoms with van der Waals surface area (Å²) in [4.78, 5) is 2.69. The van der Waals surface area contributed by atoms with Gasteiger partial charge in [0.1, 0.15) is 0 Å². The SMILES string of the molecule is C1CN([C@H]2C[C@@H]3CC[C@H]2C3)CCO1. The number of hydrogen-bond acceptors (Lipinski definition) is 2. The fraction of sp³-hybridized carbons (Fsp3) is 1.00. The van der Waals surface area contributed by atoms with Gasteiger partial charge < -0.3 is 4.74 Å². The molecule has 0 spiro atoms. The van der Waals surface area contributed by atoms with E-state index >= 15 is 0 Å². The molecule has 2 bridgehead atoms. The van der Waals surface area contributed by atoms with Gasteiger partial charge in [-0.25, -0.2) is 0 Å². The number of fused-ring (bicyclic) bond motifs is 2. The van der Waals surface area contributed by atoms with Crippen LogP contribution in [0.25, 0.3) is 0 Å². The predicted octanol–water partition coefficient (Wildman–Crippen LogP) is 1.51. The highest BCUT2D eigenvalue weighted by atomic mass is 16.5. The first-order valence-electron chi connectivity index (χ1n) is 5.75. The van der Waals surface area contributed by atoms with Crippen LogP contribution in [0.15, 0.2) is 0 Å². The van der Waals surface area contributed by atoms with E-state index in [0.29, 0.717) is 0 Å². The third-order valence-electron chi connectivity index (χ3n) is 4.22. The molecule has 3 aliphatic rings. The highest BCUT2D eigenvalue weighted by Crippen LogP contribution is 2.46. The summed E-state index contributed by atoms with van der Waals surface area (Å²) in [5.41, 5.74) is 0. The molecule has 0 aromatic heterocycles. The molecule has 0 N–H and O–H groups in total. The van der Waals surface area contributed by atoms with Crippen molar-refractivity contribution in [3.8, 4) is 0 Å². The molecule has 74 valence electrons. The summed E-state index contributed by atoms with van der Waals surface area (Å²) in [6, 6.07) is 0.933. The number of ether oxygens (including phenoxy) is 1. The van der Waals surface area contributed by atoms with Crippen LogP contribution in [0, 0.1) is 11.8 Å². The van der Waals surface area contributed by atoms with Crippen molar-refractivity contribution in [2.75, 3.05) is 26.3 Å². The van der Waals surface area contributed by atoms with Crippen molar-refractivity contribution in [1.29, 1.82) is 0 Å². The number of morpholine rings is 1. The molecule has 1 aliphatic heterocycles. The largest absolute Gasteiger partial charge is 0.379 e. The Bertz CT molecular complexity index is 189. The Labute approximate surface area is 80.2 Å². The second-order valence-electron chi connectivity index (χ2n) is 4.89. The average molecular weight is 181 g/mol. The topological polar surface area (TPSA) is 12.5 Å². The number of nitrogens with zero attached hydrogens (tertiary/aromatic N) is 1. The molecule has 0 radical (unpaired) electrons. The van der Waals surface area contributed by atoms with Crippen molar-refractivity contribution >= 4 is 0 Å². The van der Waals surface area contributed by atoms with Gasteiger partial charge in [-0.3, -0.25) is 4.90 Å². The average Bonchev–Trinajstić information content (AvgIpc) is 2.80. The van der Waals surface area contributed by atoms with Crippen LogP contribution in [0.5, 0.6) is 0 Å². The summed E-state index contributed by atoms with van der Waals surface area (Å²) in [6.45, 7) is 4.31. The van der Waals surface area contributed by atoms with E-state index in [4.69, 9.17) is 4.74 Å². The van der Waals surface area contributed by atoms with Crippen LogP contribution in [0.2, 0.25) is 0 Å². The highest BCUT2D eigenvalue weighted by molar-refractivity contribution is 4.95. The standard InChI is InChI=1S/C11H19NO/c1-2-10-7-9(1)8-11(10)12-3-5-13-6-4-12/h9-11H,1-8H2/t9-,10+,11+/m1/s1. The van der Waals surface area contributed by atoms with E-state index in [0.717, 1.165) is 31.1 Å². The Morgan fingerprint density at radius 2 is 1.85 bits per heavy atom. The molecule has 0 aromatic rings. The summed E-state index contributed by atoms with van der Waals surface area (Å²) in [5, 5.41) is 0. The Balaban J connectivity index is 1.65. The zero-order valence-corrected chi connectivity index (χ0v) is 8.24. The van der Waals surface area contributed by atoms with E-state index in [1.165, 1.54) is 38.8 Å². The zero-order valence-electron chi connectivity index (χ0n) is 8.24. The van der Waals surface area contributed by atoms with E-state index in [9.17, 15) is 0 Å². The summed E-state index contributed by atoms with van der Waals surface area (Å²) in [6.07, 6.45) is 6.05. The lowest BCUT2D eigenvalue weighted by atomic mass is 9.94. The molecule has 2 saturated carbocycles. The minimum Gasteiger partial charge on any atom is -0.379 e. The molecular weight excluding hydrogens is 162 g/mol. The van der Waals surface area contributed by atoms with Crippen LogP contribution in [0.3, 0.4) is 0 Å². The first kappa shape index (κ1) is 8.25. The van der Waals surface area contributed by atoms with Crippen molar-refractivity contribution in [2.45, 2.75) is 31.7 Å². The molecule has 0 aromatic carbocycles. The summed E-state index contributed by atoms with van der Waals surface area (Å²) < 4.78 is 5.40. The van der Waals surface area contributed by atoms with Gasteiger partial charge in [-0.1, -0.05) is 6.42 Å². The van der Waals surface area contributed by atoms with Crippen molar-refractivity contribution in [3.05, 3.63) is 0 Å². The molecule has 2 nitrogen and oxygen atoms in total. The quantitative estimate of drug-likeness (QED) is 0.608. The first-order chi connectivity index (χ1) is 6.43. The molecule has 1 heterocycles. The third-order valence-corrected chi connectivity index (χ3v) is 4.22. The van der Waals surface area contributed by atoms with E-state index in [1.807, 2.05) is 0 Å². The molecule has 3 fully saturated rings. The monoisotopic (exact) mass is 181 g/mol. The summed E-state index contributed by atoms with van der Waals surface area (Å²) in [5.74, 6) is 2.13. The van der Waals surface area contributed by atoms with Crippen LogP contribution < -0.4 is 0 Å². The van der Waals surface area contributed by atoms with Crippen LogP contribution in [0.1, 0.15) is 25.7 Å². The molecule has 3 rings (SSSR count). The van der Waals surface area contributed by atoms with Gasteiger partial charge in [-0.2, -0.15) is 0 Å². The molecular formula is C11H19NO. The second kappa shape index (κ2) is 3.25. The lowest BCUT2D eigenvalue weighted by Gasteiger charge is -2.36. The van der Waals surface area contributed by atoms with Crippen molar-refractivity contribution in [1.82, 2.24) is 4.90 Å². The summed E-state index contributed by atoms with van der Waals surface area (Å²) in [7, 11) is 0. The Morgan fingerprint density at radius 3 is 2.46 bits per heavy atom. The van der Waals surface area contributed by atoms with Crippen molar-refractivity contribution in [3.63, 3.8) is 0 Å². The lowest BCUT2D eigenvalue weighted by Crippen LogP contribution is -2.45. The Kier molecular flexibility index (Phi) is 2.06. The van der Waals surface area contributed by atoms with Crippen LogP contribution >= 0.6 is 0 Å². The fourth-order valence-corrected chi connectivity index (χ4v) is 3.57. The van der Waals surface area contributed by atoms with E-state index in [-0.39, 0.29) is 0 Å². The Hall–Kier alpha value is -0.0800. The van der Waals surface area contributed by atoms with E-state index in [2.05, 4.69) is 4.90 Å². The minimum atomic E-state index is 0.933. The summed E-state index contributed by atoms with van der Waals surface area (Å²) >= 11 is 0. The lowest BCUT2D eigenvalue weighted by molar-refractivity contribution is 0.00415. The van der Waals surface area contributed by atoms with Gasteiger partial charge in [0.05, 0.1) is 13.2 Å². The normalized spacial score (nSPS) is 45.7. The van der Waals surface area contributed by atoms with Gasteiger partial charge in [-0.15, -0.1) is 0 Å². The predicted molar refractivity (Wildman–Crippen MR) is 51.6 cm³/mol. The minimum absolute atomic E-state index is 0.933. The highest BCUT2D eigenvalue weighted by Gasteiger charge is 2.42. The number of rotatable bonds is 1.